The number of halogens is 2. The highest BCUT2D eigenvalue weighted by molar-refractivity contribution is 6.30. The number of rotatable bonds is 3. The molecule has 0 amide bonds. The van der Waals surface area contributed by atoms with Crippen LogP contribution in [0.15, 0.2) is 36.4 Å². The smallest absolute Gasteiger partial charge is 0.131 e. The first kappa shape index (κ1) is 13.1. The van der Waals surface area contributed by atoms with Gasteiger partial charge in [0.25, 0.3) is 0 Å². The van der Waals surface area contributed by atoms with Gasteiger partial charge in [-0.1, -0.05) is 29.3 Å². The van der Waals surface area contributed by atoms with E-state index in [-0.39, 0.29) is 5.82 Å². The van der Waals surface area contributed by atoms with Crippen LogP contribution in [0, 0.1) is 12.7 Å². The number of aryl methyl sites for hydroxylation is 1. The second kappa shape index (κ2) is 5.51. The molecule has 2 aromatic rings. The predicted octanol–water partition coefficient (Wildman–Crippen LogP) is 4.17. The average molecular weight is 264 g/mol. The highest BCUT2D eigenvalue weighted by Gasteiger charge is 2.10. The van der Waals surface area contributed by atoms with Crippen molar-refractivity contribution in [1.29, 1.82) is 0 Å². The molecule has 18 heavy (non-hydrogen) atoms. The van der Waals surface area contributed by atoms with E-state index >= 15 is 0 Å². The van der Waals surface area contributed by atoms with Gasteiger partial charge in [0, 0.05) is 17.1 Å². The van der Waals surface area contributed by atoms with Crippen LogP contribution in [0.1, 0.15) is 11.1 Å². The van der Waals surface area contributed by atoms with Gasteiger partial charge in [-0.25, -0.2) is 4.39 Å². The molecule has 1 nitrogen and oxygen atoms in total. The van der Waals surface area contributed by atoms with Crippen molar-refractivity contribution in [2.45, 2.75) is 13.5 Å². The van der Waals surface area contributed by atoms with Gasteiger partial charge >= 0.3 is 0 Å². The van der Waals surface area contributed by atoms with Crippen LogP contribution in [0.5, 0.6) is 0 Å². The molecule has 0 aliphatic heterocycles. The van der Waals surface area contributed by atoms with Gasteiger partial charge in [0.1, 0.15) is 5.82 Å². The number of hydrogen-bond donors (Lipinski definition) is 1. The van der Waals surface area contributed by atoms with Crippen molar-refractivity contribution < 1.29 is 4.39 Å². The lowest BCUT2D eigenvalue weighted by Gasteiger charge is -2.11. The van der Waals surface area contributed by atoms with Crippen LogP contribution in [0.3, 0.4) is 0 Å². The Bertz CT molecular complexity index is 566. The molecule has 0 atom stereocenters. The molecule has 0 bridgehead atoms. The number of nitrogens with one attached hydrogen (secondary N) is 1. The molecule has 0 spiro atoms. The molecule has 0 aliphatic carbocycles. The Balaban J connectivity index is 2.61. The van der Waals surface area contributed by atoms with E-state index in [1.54, 1.807) is 6.07 Å². The van der Waals surface area contributed by atoms with Crippen molar-refractivity contribution in [3.05, 3.63) is 58.4 Å². The third kappa shape index (κ3) is 2.71. The molecule has 2 rings (SSSR count). The Labute approximate surface area is 112 Å². The molecular weight excluding hydrogens is 249 g/mol. The maximum atomic E-state index is 13.9. The molecular formula is C15H15ClFN. The fourth-order valence-electron chi connectivity index (χ4n) is 1.99. The van der Waals surface area contributed by atoms with Crippen molar-refractivity contribution in [2.24, 2.45) is 0 Å². The monoisotopic (exact) mass is 263 g/mol. The van der Waals surface area contributed by atoms with Gasteiger partial charge in [-0.05, 0) is 49.4 Å². The first-order valence-corrected chi connectivity index (χ1v) is 6.19. The third-order valence-electron chi connectivity index (χ3n) is 2.85. The second-order valence-electron chi connectivity index (χ2n) is 4.32. The normalized spacial score (nSPS) is 10.7. The van der Waals surface area contributed by atoms with Gasteiger partial charge in [-0.2, -0.15) is 0 Å². The molecule has 0 radical (unpaired) electrons. The maximum absolute atomic E-state index is 13.9. The zero-order valence-corrected chi connectivity index (χ0v) is 11.2. The van der Waals surface area contributed by atoms with Gasteiger partial charge in [0.15, 0.2) is 0 Å². The zero-order valence-electron chi connectivity index (χ0n) is 10.4. The lowest BCUT2D eigenvalue weighted by Crippen LogP contribution is -2.06. The van der Waals surface area contributed by atoms with Crippen molar-refractivity contribution in [2.75, 3.05) is 7.05 Å². The van der Waals surface area contributed by atoms with E-state index in [9.17, 15) is 4.39 Å². The largest absolute Gasteiger partial charge is 0.316 e. The minimum absolute atomic E-state index is 0.222. The first-order valence-electron chi connectivity index (χ1n) is 5.81. The Morgan fingerprint density at radius 2 is 1.89 bits per heavy atom. The lowest BCUT2D eigenvalue weighted by molar-refractivity contribution is 0.630. The van der Waals surface area contributed by atoms with Crippen molar-refractivity contribution in [3.8, 4) is 11.1 Å². The molecule has 3 heteroatoms. The summed E-state index contributed by atoms with van der Waals surface area (Å²) in [6, 6.07) is 10.7. The molecule has 0 saturated carbocycles. The Morgan fingerprint density at radius 3 is 2.61 bits per heavy atom. The van der Waals surface area contributed by atoms with Crippen molar-refractivity contribution >= 4 is 11.6 Å². The molecule has 0 aromatic heterocycles. The van der Waals surface area contributed by atoms with Crippen LogP contribution in [0.2, 0.25) is 5.02 Å². The second-order valence-corrected chi connectivity index (χ2v) is 4.75. The van der Waals surface area contributed by atoms with Gasteiger partial charge in [-0.3, -0.25) is 0 Å². The highest BCUT2D eigenvalue weighted by Crippen LogP contribution is 2.29. The van der Waals surface area contributed by atoms with E-state index in [0.29, 0.717) is 17.1 Å². The fraction of sp³-hybridized carbons (Fsp3) is 0.200. The quantitative estimate of drug-likeness (QED) is 0.876. The van der Waals surface area contributed by atoms with Crippen LogP contribution in [-0.2, 0) is 6.54 Å². The molecule has 0 unspecified atom stereocenters. The van der Waals surface area contributed by atoms with Gasteiger partial charge < -0.3 is 5.32 Å². The molecule has 1 N–H and O–H groups in total. The van der Waals surface area contributed by atoms with E-state index in [0.717, 1.165) is 16.7 Å². The molecule has 2 aromatic carbocycles. The van der Waals surface area contributed by atoms with E-state index in [4.69, 9.17) is 11.6 Å². The maximum Gasteiger partial charge on any atom is 0.131 e. The Kier molecular flexibility index (Phi) is 4.00. The van der Waals surface area contributed by atoms with Crippen LogP contribution in [0.25, 0.3) is 11.1 Å². The third-order valence-corrected chi connectivity index (χ3v) is 3.09. The lowest BCUT2D eigenvalue weighted by atomic mass is 9.97. The summed E-state index contributed by atoms with van der Waals surface area (Å²) in [7, 11) is 1.87. The SMILES string of the molecule is CNCc1ccc(Cl)cc1-c1cc(C)ccc1F. The molecule has 0 fully saturated rings. The highest BCUT2D eigenvalue weighted by atomic mass is 35.5. The van der Waals surface area contributed by atoms with E-state index < -0.39 is 0 Å². The fourth-order valence-corrected chi connectivity index (χ4v) is 2.16. The summed E-state index contributed by atoms with van der Waals surface area (Å²) >= 11 is 6.02. The molecule has 0 aliphatic rings. The summed E-state index contributed by atoms with van der Waals surface area (Å²) < 4.78 is 13.9. The van der Waals surface area contributed by atoms with Crippen LogP contribution in [0.4, 0.5) is 4.39 Å². The summed E-state index contributed by atoms with van der Waals surface area (Å²) in [4.78, 5) is 0. The minimum Gasteiger partial charge on any atom is -0.316 e. The Hall–Kier alpha value is -1.38. The standard InChI is InChI=1S/C15H15ClFN/c1-10-3-6-15(17)14(7-10)13-8-12(16)5-4-11(13)9-18-2/h3-8,18H,9H2,1-2H3. The van der Waals surface area contributed by atoms with E-state index in [1.165, 1.54) is 6.07 Å². The summed E-state index contributed by atoms with van der Waals surface area (Å²) in [6.07, 6.45) is 0. The summed E-state index contributed by atoms with van der Waals surface area (Å²) in [5.74, 6) is -0.222. The zero-order chi connectivity index (χ0) is 13.1. The van der Waals surface area contributed by atoms with E-state index in [2.05, 4.69) is 5.32 Å². The van der Waals surface area contributed by atoms with Gasteiger partial charge in [-0.15, -0.1) is 0 Å². The van der Waals surface area contributed by atoms with Crippen molar-refractivity contribution in [3.63, 3.8) is 0 Å². The van der Waals surface area contributed by atoms with Crippen LogP contribution in [-0.4, -0.2) is 7.05 Å². The Morgan fingerprint density at radius 1 is 1.11 bits per heavy atom. The first-order chi connectivity index (χ1) is 8.61. The summed E-state index contributed by atoms with van der Waals surface area (Å²) in [6.45, 7) is 2.63. The summed E-state index contributed by atoms with van der Waals surface area (Å²) in [5, 5.41) is 3.70. The average Bonchev–Trinajstić information content (AvgIpc) is 2.35. The van der Waals surface area contributed by atoms with Crippen LogP contribution < -0.4 is 5.32 Å². The van der Waals surface area contributed by atoms with Gasteiger partial charge in [0.05, 0.1) is 0 Å². The minimum atomic E-state index is -0.222. The number of benzene rings is 2. The number of hydrogen-bond acceptors (Lipinski definition) is 1. The summed E-state index contributed by atoms with van der Waals surface area (Å²) in [5.41, 5.74) is 3.51. The van der Waals surface area contributed by atoms with Gasteiger partial charge in [0.2, 0.25) is 0 Å². The molecule has 94 valence electrons. The van der Waals surface area contributed by atoms with Crippen LogP contribution >= 0.6 is 11.6 Å². The van der Waals surface area contributed by atoms with E-state index in [1.807, 2.05) is 38.2 Å². The molecule has 0 heterocycles. The van der Waals surface area contributed by atoms with Crippen molar-refractivity contribution in [1.82, 2.24) is 5.32 Å². The predicted molar refractivity (Wildman–Crippen MR) is 74.3 cm³/mol. The topological polar surface area (TPSA) is 12.0 Å². The molecule has 0 saturated heterocycles.